The molecule has 0 bridgehead atoms. The van der Waals surface area contributed by atoms with Gasteiger partial charge in [-0.25, -0.2) is 4.39 Å². The Hall–Kier alpha value is -1.99. The average molecular weight is 373 g/mol. The van der Waals surface area contributed by atoms with Gasteiger partial charge in [0.15, 0.2) is 6.04 Å². The van der Waals surface area contributed by atoms with Gasteiger partial charge in [0.1, 0.15) is 10.8 Å². The summed E-state index contributed by atoms with van der Waals surface area (Å²) >= 11 is 10.8. The van der Waals surface area contributed by atoms with E-state index in [-0.39, 0.29) is 27.5 Å². The number of benzene rings is 2. The fourth-order valence-corrected chi connectivity index (χ4v) is 2.84. The Labute approximate surface area is 145 Å². The first-order valence-electron chi connectivity index (χ1n) is 6.77. The van der Waals surface area contributed by atoms with Gasteiger partial charge in [-0.3, -0.25) is 4.99 Å². The molecule has 2 aromatic carbocycles. The van der Waals surface area contributed by atoms with Crippen LogP contribution in [0.3, 0.4) is 0 Å². The van der Waals surface area contributed by atoms with Crippen LogP contribution in [-0.2, 0) is 0 Å². The molecule has 0 fully saturated rings. The van der Waals surface area contributed by atoms with Gasteiger partial charge in [0.05, 0.1) is 5.71 Å². The quantitative estimate of drug-likeness (QED) is 0.562. The number of aliphatic imine (C=N–C) groups is 1. The number of benzodiazepines with no additional fused rings is 1. The second-order valence-corrected chi connectivity index (χ2v) is 5.96. The lowest BCUT2D eigenvalue weighted by molar-refractivity contribution is -0.131. The lowest BCUT2D eigenvalue weighted by Gasteiger charge is -2.16. The smallest absolute Gasteiger partial charge is 0.347 e. The maximum atomic E-state index is 14.2. The molecule has 2 aromatic rings. The van der Waals surface area contributed by atoms with Crippen molar-refractivity contribution in [2.75, 3.05) is 5.32 Å². The number of anilines is 1. The summed E-state index contributed by atoms with van der Waals surface area (Å²) in [6.45, 7) is 0. The van der Waals surface area contributed by atoms with E-state index in [1.54, 1.807) is 0 Å². The standard InChI is InChI=1S/C16H9ClF4N2S/c17-8-5-6-12-10(7-8)13(9-3-1-2-4-11(9)18)23-14(15(24)22-12)16(19,20)21/h1-7,14H,(H,22,24)/t14-/m0/s1. The fraction of sp³-hybridized carbons (Fsp3) is 0.125. The lowest BCUT2D eigenvalue weighted by Crippen LogP contribution is -2.37. The summed E-state index contributed by atoms with van der Waals surface area (Å²) in [4.78, 5) is 3.23. The van der Waals surface area contributed by atoms with Gasteiger partial charge in [0.2, 0.25) is 0 Å². The number of nitrogens with one attached hydrogen (secondary N) is 1. The number of hydrogen-bond donors (Lipinski definition) is 1. The molecule has 1 atom stereocenters. The molecule has 1 heterocycles. The number of nitrogens with zero attached hydrogens (tertiary/aromatic N) is 1. The Kier molecular flexibility index (Phi) is 4.31. The molecule has 0 unspecified atom stereocenters. The molecule has 1 aliphatic heterocycles. The molecule has 1 aliphatic rings. The van der Waals surface area contributed by atoms with Gasteiger partial charge in [0, 0.05) is 21.8 Å². The zero-order valence-electron chi connectivity index (χ0n) is 11.9. The number of alkyl halides is 3. The Bertz CT molecular complexity index is 848. The van der Waals surface area contributed by atoms with Crippen LogP contribution in [0.15, 0.2) is 47.5 Å². The normalized spacial score (nSPS) is 17.6. The molecule has 2 nitrogen and oxygen atoms in total. The molecule has 3 rings (SSSR count). The molecule has 0 saturated carbocycles. The predicted molar refractivity (Wildman–Crippen MR) is 89.6 cm³/mol. The monoisotopic (exact) mass is 372 g/mol. The van der Waals surface area contributed by atoms with Crippen molar-refractivity contribution in [2.45, 2.75) is 12.2 Å². The molecule has 0 saturated heterocycles. The number of rotatable bonds is 1. The molecule has 0 aliphatic carbocycles. The van der Waals surface area contributed by atoms with Gasteiger partial charge in [-0.1, -0.05) is 36.0 Å². The summed E-state index contributed by atoms with van der Waals surface area (Å²) < 4.78 is 54.1. The van der Waals surface area contributed by atoms with Crippen LogP contribution in [0.4, 0.5) is 23.2 Å². The summed E-state index contributed by atoms with van der Waals surface area (Å²) in [5, 5.41) is 2.83. The van der Waals surface area contributed by atoms with E-state index in [4.69, 9.17) is 23.8 Å². The number of hydrogen-bond acceptors (Lipinski definition) is 2. The zero-order valence-corrected chi connectivity index (χ0v) is 13.4. The number of fused-ring (bicyclic) bond motifs is 1. The van der Waals surface area contributed by atoms with Crippen LogP contribution in [0.25, 0.3) is 0 Å². The minimum absolute atomic E-state index is 0.0539. The van der Waals surface area contributed by atoms with Crippen LogP contribution in [0.2, 0.25) is 5.02 Å². The highest BCUT2D eigenvalue weighted by Gasteiger charge is 2.44. The van der Waals surface area contributed by atoms with Gasteiger partial charge in [0.25, 0.3) is 0 Å². The van der Waals surface area contributed by atoms with Gasteiger partial charge < -0.3 is 5.32 Å². The fourth-order valence-electron chi connectivity index (χ4n) is 2.37. The van der Waals surface area contributed by atoms with Crippen LogP contribution in [0.5, 0.6) is 0 Å². The molecular weight excluding hydrogens is 364 g/mol. The van der Waals surface area contributed by atoms with E-state index in [0.717, 1.165) is 6.07 Å². The molecular formula is C16H9ClF4N2S. The van der Waals surface area contributed by atoms with Crippen LogP contribution >= 0.6 is 23.8 Å². The maximum absolute atomic E-state index is 14.2. The van der Waals surface area contributed by atoms with Gasteiger partial charge in [-0.05, 0) is 30.3 Å². The van der Waals surface area contributed by atoms with Crippen LogP contribution < -0.4 is 5.32 Å². The maximum Gasteiger partial charge on any atom is 0.417 e. The van der Waals surface area contributed by atoms with Crippen molar-refractivity contribution in [3.63, 3.8) is 0 Å². The highest BCUT2D eigenvalue weighted by molar-refractivity contribution is 7.80. The Morgan fingerprint density at radius 3 is 2.46 bits per heavy atom. The van der Waals surface area contributed by atoms with Crippen LogP contribution in [0, 0.1) is 5.82 Å². The first-order valence-corrected chi connectivity index (χ1v) is 7.56. The van der Waals surface area contributed by atoms with Crippen molar-refractivity contribution < 1.29 is 17.6 Å². The van der Waals surface area contributed by atoms with Crippen LogP contribution in [-0.4, -0.2) is 22.9 Å². The Morgan fingerprint density at radius 2 is 1.79 bits per heavy atom. The summed E-state index contributed by atoms with van der Waals surface area (Å²) in [5.41, 5.74) is 0.335. The van der Waals surface area contributed by atoms with E-state index in [0.29, 0.717) is 0 Å². The number of halogens is 5. The molecule has 1 N–H and O–H groups in total. The summed E-state index contributed by atoms with van der Waals surface area (Å²) in [6.07, 6.45) is -4.70. The Balaban J connectivity index is 2.29. The minimum atomic E-state index is -4.70. The van der Waals surface area contributed by atoms with Crippen molar-refractivity contribution in [2.24, 2.45) is 4.99 Å². The lowest BCUT2D eigenvalue weighted by atomic mass is 10.00. The van der Waals surface area contributed by atoms with E-state index in [1.165, 1.54) is 36.4 Å². The summed E-state index contributed by atoms with van der Waals surface area (Å²) in [6, 6.07) is 7.62. The van der Waals surface area contributed by atoms with Gasteiger partial charge in [-0.15, -0.1) is 0 Å². The van der Waals surface area contributed by atoms with E-state index in [9.17, 15) is 17.6 Å². The first kappa shape index (κ1) is 16.9. The molecule has 124 valence electrons. The third kappa shape index (κ3) is 3.14. The van der Waals surface area contributed by atoms with Crippen molar-refractivity contribution in [1.82, 2.24) is 0 Å². The Morgan fingerprint density at radius 1 is 1.08 bits per heavy atom. The van der Waals surface area contributed by atoms with E-state index >= 15 is 0 Å². The topological polar surface area (TPSA) is 24.4 Å². The average Bonchev–Trinajstić information content (AvgIpc) is 2.64. The molecule has 8 heteroatoms. The van der Waals surface area contributed by atoms with Crippen molar-refractivity contribution in [3.8, 4) is 0 Å². The third-order valence-electron chi connectivity index (χ3n) is 3.44. The van der Waals surface area contributed by atoms with E-state index < -0.39 is 23.0 Å². The minimum Gasteiger partial charge on any atom is -0.347 e. The SMILES string of the molecule is Fc1ccccc1C1=N[C@H](C(F)(F)F)C(=S)Nc2ccc(Cl)cc21. The largest absolute Gasteiger partial charge is 0.417 e. The molecule has 0 radical (unpaired) electrons. The molecule has 0 aromatic heterocycles. The highest BCUT2D eigenvalue weighted by Crippen LogP contribution is 2.33. The van der Waals surface area contributed by atoms with Gasteiger partial charge >= 0.3 is 6.18 Å². The summed E-state index contributed by atoms with van der Waals surface area (Å²) in [7, 11) is 0. The van der Waals surface area contributed by atoms with Crippen LogP contribution in [0.1, 0.15) is 11.1 Å². The van der Waals surface area contributed by atoms with Gasteiger partial charge in [-0.2, -0.15) is 13.2 Å². The van der Waals surface area contributed by atoms with E-state index in [2.05, 4.69) is 10.3 Å². The van der Waals surface area contributed by atoms with E-state index in [1.807, 2.05) is 0 Å². The molecule has 0 amide bonds. The second-order valence-electron chi connectivity index (χ2n) is 5.08. The zero-order chi connectivity index (χ0) is 17.5. The van der Waals surface area contributed by atoms with Crippen molar-refractivity contribution in [3.05, 3.63) is 64.4 Å². The number of thiocarbonyl (C=S) groups is 1. The highest BCUT2D eigenvalue weighted by atomic mass is 35.5. The summed E-state index contributed by atoms with van der Waals surface area (Å²) in [5.74, 6) is -0.684. The predicted octanol–water partition coefficient (Wildman–Crippen LogP) is 5.00. The third-order valence-corrected chi connectivity index (χ3v) is 4.00. The van der Waals surface area contributed by atoms with Crippen molar-refractivity contribution in [1.29, 1.82) is 0 Å². The first-order chi connectivity index (χ1) is 11.3. The second kappa shape index (κ2) is 6.14. The molecule has 0 spiro atoms. The molecule has 24 heavy (non-hydrogen) atoms. The van der Waals surface area contributed by atoms with Crippen molar-refractivity contribution >= 4 is 40.2 Å².